The standard InChI is InChI=1S/C13H17NO3/c1-10(2)3-8-13(15)9-11-4-6-12(7-5-11)14(16)17/h4-7,10H,3,8-9H2,1-2H3. The SMILES string of the molecule is CC(C)CCC(=O)Cc1ccc([N+](=O)[O-])cc1. The quantitative estimate of drug-likeness (QED) is 0.562. The highest BCUT2D eigenvalue weighted by Crippen LogP contribution is 2.13. The maximum absolute atomic E-state index is 11.6. The van der Waals surface area contributed by atoms with Crippen LogP contribution in [0.25, 0.3) is 0 Å². The zero-order chi connectivity index (χ0) is 12.8. The number of Topliss-reactive ketones (excluding diaryl/α,β-unsaturated/α-hetero) is 1. The Morgan fingerprint density at radius 1 is 1.29 bits per heavy atom. The van der Waals surface area contributed by atoms with Gasteiger partial charge in [0, 0.05) is 25.0 Å². The van der Waals surface area contributed by atoms with Crippen molar-refractivity contribution in [2.75, 3.05) is 0 Å². The molecule has 0 unspecified atom stereocenters. The van der Waals surface area contributed by atoms with Gasteiger partial charge in [0.05, 0.1) is 4.92 Å². The number of hydrogen-bond acceptors (Lipinski definition) is 3. The Labute approximate surface area is 101 Å². The van der Waals surface area contributed by atoms with Crippen LogP contribution >= 0.6 is 0 Å². The number of benzene rings is 1. The summed E-state index contributed by atoms with van der Waals surface area (Å²) in [5, 5.41) is 10.5. The normalized spacial score (nSPS) is 10.5. The fourth-order valence-electron chi connectivity index (χ4n) is 1.50. The molecule has 0 saturated heterocycles. The molecule has 1 aromatic carbocycles. The van der Waals surface area contributed by atoms with E-state index < -0.39 is 4.92 Å². The predicted molar refractivity (Wildman–Crippen MR) is 65.9 cm³/mol. The summed E-state index contributed by atoms with van der Waals surface area (Å²) in [5.41, 5.74) is 0.896. The van der Waals surface area contributed by atoms with Gasteiger partial charge in [-0.15, -0.1) is 0 Å². The number of carbonyl (C=O) groups excluding carboxylic acids is 1. The molecule has 0 bridgehead atoms. The minimum absolute atomic E-state index is 0.0587. The van der Waals surface area contributed by atoms with Crippen LogP contribution in [0, 0.1) is 16.0 Å². The van der Waals surface area contributed by atoms with Crippen LogP contribution in [-0.4, -0.2) is 10.7 Å². The summed E-state index contributed by atoms with van der Waals surface area (Å²) in [6, 6.07) is 6.16. The summed E-state index contributed by atoms with van der Waals surface area (Å²) in [5.74, 6) is 0.711. The number of nitro benzene ring substituents is 1. The summed E-state index contributed by atoms with van der Waals surface area (Å²) >= 11 is 0. The Bertz CT molecular complexity index is 396. The Morgan fingerprint density at radius 2 is 1.88 bits per heavy atom. The van der Waals surface area contributed by atoms with E-state index in [2.05, 4.69) is 13.8 Å². The van der Waals surface area contributed by atoms with Crippen LogP contribution in [-0.2, 0) is 11.2 Å². The van der Waals surface area contributed by atoms with E-state index in [4.69, 9.17) is 0 Å². The largest absolute Gasteiger partial charge is 0.299 e. The minimum atomic E-state index is -0.440. The van der Waals surface area contributed by atoms with Crippen molar-refractivity contribution in [1.29, 1.82) is 0 Å². The van der Waals surface area contributed by atoms with Gasteiger partial charge in [0.2, 0.25) is 0 Å². The van der Waals surface area contributed by atoms with Crippen molar-refractivity contribution in [2.24, 2.45) is 5.92 Å². The molecule has 0 spiro atoms. The molecule has 0 radical (unpaired) electrons. The second kappa shape index (κ2) is 6.13. The first-order valence-electron chi connectivity index (χ1n) is 5.74. The smallest absolute Gasteiger partial charge is 0.269 e. The highest BCUT2D eigenvalue weighted by Gasteiger charge is 2.08. The Hall–Kier alpha value is -1.71. The van der Waals surface area contributed by atoms with Crippen molar-refractivity contribution in [3.8, 4) is 0 Å². The second-order valence-corrected chi connectivity index (χ2v) is 4.57. The van der Waals surface area contributed by atoms with Crippen molar-refractivity contribution < 1.29 is 9.72 Å². The highest BCUT2D eigenvalue weighted by atomic mass is 16.6. The molecule has 92 valence electrons. The fourth-order valence-corrected chi connectivity index (χ4v) is 1.50. The van der Waals surface area contributed by atoms with Gasteiger partial charge >= 0.3 is 0 Å². The molecule has 0 atom stereocenters. The summed E-state index contributed by atoms with van der Waals surface area (Å²) in [7, 11) is 0. The van der Waals surface area contributed by atoms with Crippen LogP contribution in [0.2, 0.25) is 0 Å². The first-order valence-corrected chi connectivity index (χ1v) is 5.74. The van der Waals surface area contributed by atoms with Crippen LogP contribution in [0.4, 0.5) is 5.69 Å². The molecule has 4 heteroatoms. The van der Waals surface area contributed by atoms with Gasteiger partial charge in [-0.25, -0.2) is 0 Å². The molecule has 17 heavy (non-hydrogen) atoms. The Kier molecular flexibility index (Phi) is 4.82. The number of nitrogens with zero attached hydrogens (tertiary/aromatic N) is 1. The average Bonchev–Trinajstić information content (AvgIpc) is 2.27. The number of ketones is 1. The van der Waals surface area contributed by atoms with Crippen LogP contribution in [0.1, 0.15) is 32.3 Å². The molecule has 1 aromatic rings. The summed E-state index contributed by atoms with van der Waals surface area (Å²) in [6.07, 6.45) is 1.84. The summed E-state index contributed by atoms with van der Waals surface area (Å²) in [6.45, 7) is 4.16. The molecule has 0 aliphatic carbocycles. The molecule has 0 fully saturated rings. The van der Waals surface area contributed by atoms with Gasteiger partial charge < -0.3 is 0 Å². The number of nitro groups is 1. The van der Waals surface area contributed by atoms with Crippen molar-refractivity contribution >= 4 is 11.5 Å². The van der Waals surface area contributed by atoms with Crippen LogP contribution < -0.4 is 0 Å². The molecule has 0 amide bonds. The maximum Gasteiger partial charge on any atom is 0.269 e. The third kappa shape index (κ3) is 4.76. The van der Waals surface area contributed by atoms with E-state index in [1.54, 1.807) is 12.1 Å². The molecule has 1 rings (SSSR count). The highest BCUT2D eigenvalue weighted by molar-refractivity contribution is 5.80. The van der Waals surface area contributed by atoms with Gasteiger partial charge in [0.25, 0.3) is 5.69 Å². The van der Waals surface area contributed by atoms with Gasteiger partial charge in [-0.3, -0.25) is 14.9 Å². The number of non-ortho nitro benzene ring substituents is 1. The number of rotatable bonds is 6. The summed E-state index contributed by atoms with van der Waals surface area (Å²) < 4.78 is 0. The number of carbonyl (C=O) groups is 1. The van der Waals surface area contributed by atoms with Crippen molar-refractivity contribution in [3.63, 3.8) is 0 Å². The van der Waals surface area contributed by atoms with E-state index in [0.29, 0.717) is 18.8 Å². The van der Waals surface area contributed by atoms with Crippen LogP contribution in [0.15, 0.2) is 24.3 Å². The maximum atomic E-state index is 11.6. The second-order valence-electron chi connectivity index (χ2n) is 4.57. The van der Waals surface area contributed by atoms with E-state index in [0.717, 1.165) is 12.0 Å². The molecule has 0 aliphatic heterocycles. The molecule has 0 heterocycles. The molecule has 4 nitrogen and oxygen atoms in total. The van der Waals surface area contributed by atoms with E-state index in [9.17, 15) is 14.9 Å². The molecule has 0 saturated carbocycles. The molecule has 0 aromatic heterocycles. The van der Waals surface area contributed by atoms with E-state index in [1.165, 1.54) is 12.1 Å². The zero-order valence-corrected chi connectivity index (χ0v) is 10.2. The first-order chi connectivity index (χ1) is 7.99. The molecule has 0 aliphatic rings. The third-order valence-electron chi connectivity index (χ3n) is 2.55. The first kappa shape index (κ1) is 13.4. The van der Waals surface area contributed by atoms with Crippen molar-refractivity contribution in [2.45, 2.75) is 33.1 Å². The number of hydrogen-bond donors (Lipinski definition) is 0. The van der Waals surface area contributed by atoms with Gasteiger partial charge in [-0.05, 0) is 17.9 Å². The summed E-state index contributed by atoms with van der Waals surface area (Å²) in [4.78, 5) is 21.6. The Morgan fingerprint density at radius 3 is 2.35 bits per heavy atom. The third-order valence-corrected chi connectivity index (χ3v) is 2.55. The predicted octanol–water partition coefficient (Wildman–Crippen LogP) is 3.14. The Balaban J connectivity index is 2.51. The van der Waals surface area contributed by atoms with Crippen molar-refractivity contribution in [3.05, 3.63) is 39.9 Å². The van der Waals surface area contributed by atoms with Gasteiger partial charge in [0.15, 0.2) is 0 Å². The van der Waals surface area contributed by atoms with E-state index in [-0.39, 0.29) is 11.5 Å². The average molecular weight is 235 g/mol. The van der Waals surface area contributed by atoms with Gasteiger partial charge in [-0.1, -0.05) is 26.0 Å². The molecular formula is C13H17NO3. The molecular weight excluding hydrogens is 218 g/mol. The lowest BCUT2D eigenvalue weighted by molar-refractivity contribution is -0.384. The van der Waals surface area contributed by atoms with E-state index >= 15 is 0 Å². The molecule has 0 N–H and O–H groups in total. The van der Waals surface area contributed by atoms with Crippen LogP contribution in [0.5, 0.6) is 0 Å². The minimum Gasteiger partial charge on any atom is -0.299 e. The fraction of sp³-hybridized carbons (Fsp3) is 0.462. The van der Waals surface area contributed by atoms with Crippen LogP contribution in [0.3, 0.4) is 0 Å². The topological polar surface area (TPSA) is 60.2 Å². The lowest BCUT2D eigenvalue weighted by atomic mass is 10.0. The lowest BCUT2D eigenvalue weighted by Crippen LogP contribution is -2.04. The van der Waals surface area contributed by atoms with Gasteiger partial charge in [-0.2, -0.15) is 0 Å². The lowest BCUT2D eigenvalue weighted by Gasteiger charge is -2.04. The van der Waals surface area contributed by atoms with Gasteiger partial charge in [0.1, 0.15) is 5.78 Å². The monoisotopic (exact) mass is 235 g/mol. The van der Waals surface area contributed by atoms with Crippen molar-refractivity contribution in [1.82, 2.24) is 0 Å². The van der Waals surface area contributed by atoms with E-state index in [1.807, 2.05) is 0 Å². The zero-order valence-electron chi connectivity index (χ0n) is 10.2.